The zero-order chi connectivity index (χ0) is 41.8. The molecule has 308 valence electrons. The predicted octanol–water partition coefficient (Wildman–Crippen LogP) is 11.3. The minimum atomic E-state index is -0.334. The van der Waals surface area contributed by atoms with Crippen LogP contribution in [0.4, 0.5) is 8.78 Å². The molecule has 4 heterocycles. The second-order valence-electron chi connectivity index (χ2n) is 14.3. The van der Waals surface area contributed by atoms with Gasteiger partial charge in [0.25, 0.3) is 0 Å². The van der Waals surface area contributed by atoms with Gasteiger partial charge < -0.3 is 18.9 Å². The number of hydrogen-bond donors (Lipinski definition) is 0. The highest BCUT2D eigenvalue weighted by Gasteiger charge is 2.25. The number of nitrogens with zero attached hydrogens (tertiary/aromatic N) is 2. The molecule has 0 saturated heterocycles. The lowest BCUT2D eigenvalue weighted by Crippen LogP contribution is -2.15. The standard InChI is InChI=1S/2C24H22FNO3S/c2*1-28-24(27)22-9-11-26-15-17(22)6-5-16-10-12-29-23-14-20(7-8-21(16)23)30-19-4-2-3-18(25)13-19/h2*2-4,7-9,11,13-16H,5-6,10,12H2,1H3/t2*16-/m10/s1. The molecule has 4 aromatic carbocycles. The summed E-state index contributed by atoms with van der Waals surface area (Å²) >= 11 is 3.03. The van der Waals surface area contributed by atoms with E-state index >= 15 is 0 Å². The Labute approximate surface area is 357 Å². The molecule has 2 aliphatic heterocycles. The van der Waals surface area contributed by atoms with Crippen molar-refractivity contribution in [2.75, 3.05) is 27.4 Å². The zero-order valence-corrected chi connectivity index (χ0v) is 34.9. The maximum atomic E-state index is 13.4. The Kier molecular flexibility index (Phi) is 14.5. The molecule has 8 nitrogen and oxygen atoms in total. The molecular weight excluding hydrogens is 803 g/mol. The summed E-state index contributed by atoms with van der Waals surface area (Å²) in [7, 11) is 2.78. The number of carbonyl (C=O) groups is 2. The number of esters is 2. The van der Waals surface area contributed by atoms with Crippen LogP contribution in [0.15, 0.2) is 141 Å². The molecule has 8 rings (SSSR count). The number of hydrogen-bond acceptors (Lipinski definition) is 10. The molecule has 12 heteroatoms. The molecule has 0 spiro atoms. The molecule has 2 atom stereocenters. The molecule has 0 saturated carbocycles. The third-order valence-corrected chi connectivity index (χ3v) is 12.5. The molecule has 6 aromatic rings. The summed E-state index contributed by atoms with van der Waals surface area (Å²) in [4.78, 5) is 36.1. The van der Waals surface area contributed by atoms with E-state index in [4.69, 9.17) is 18.9 Å². The van der Waals surface area contributed by atoms with E-state index in [9.17, 15) is 18.4 Å². The first-order valence-electron chi connectivity index (χ1n) is 19.7. The van der Waals surface area contributed by atoms with Crippen molar-refractivity contribution in [2.45, 2.75) is 69.9 Å². The van der Waals surface area contributed by atoms with Crippen LogP contribution in [0, 0.1) is 11.6 Å². The van der Waals surface area contributed by atoms with Gasteiger partial charge in [-0.15, -0.1) is 0 Å². The molecule has 0 radical (unpaired) electrons. The topological polar surface area (TPSA) is 96.8 Å². The Bertz CT molecular complexity index is 2280. The van der Waals surface area contributed by atoms with Crippen LogP contribution in [0.2, 0.25) is 0 Å². The van der Waals surface area contributed by atoms with E-state index in [2.05, 4.69) is 34.2 Å². The van der Waals surface area contributed by atoms with E-state index in [-0.39, 0.29) is 23.6 Å². The van der Waals surface area contributed by atoms with Gasteiger partial charge in [0.15, 0.2) is 0 Å². The smallest absolute Gasteiger partial charge is 0.338 e. The van der Waals surface area contributed by atoms with Gasteiger partial charge in [-0.05, 0) is 145 Å². The van der Waals surface area contributed by atoms with Crippen molar-refractivity contribution in [2.24, 2.45) is 0 Å². The van der Waals surface area contributed by atoms with Crippen LogP contribution in [-0.4, -0.2) is 49.3 Å². The highest BCUT2D eigenvalue weighted by molar-refractivity contribution is 7.99. The summed E-state index contributed by atoms with van der Waals surface area (Å²) in [5.41, 5.74) is 5.29. The predicted molar refractivity (Wildman–Crippen MR) is 227 cm³/mol. The first-order chi connectivity index (χ1) is 29.3. The van der Waals surface area contributed by atoms with E-state index in [1.165, 1.54) is 73.1 Å². The number of benzene rings is 4. The number of pyridine rings is 2. The largest absolute Gasteiger partial charge is 0.493 e. The summed E-state index contributed by atoms with van der Waals surface area (Å²) < 4.78 is 48.5. The maximum Gasteiger partial charge on any atom is 0.338 e. The van der Waals surface area contributed by atoms with Crippen molar-refractivity contribution >= 4 is 35.5 Å². The summed E-state index contributed by atoms with van der Waals surface area (Å²) in [5.74, 6) is 1.30. The minimum absolute atomic E-state index is 0.240. The van der Waals surface area contributed by atoms with Crippen molar-refractivity contribution in [3.05, 3.63) is 167 Å². The number of carbonyl (C=O) groups excluding carboxylic acids is 2. The maximum absolute atomic E-state index is 13.4. The van der Waals surface area contributed by atoms with Crippen LogP contribution >= 0.6 is 23.5 Å². The Morgan fingerprint density at radius 1 is 0.617 bits per heavy atom. The van der Waals surface area contributed by atoms with Gasteiger partial charge in [-0.2, -0.15) is 0 Å². The number of halogens is 2. The van der Waals surface area contributed by atoms with Gasteiger partial charge in [0.2, 0.25) is 0 Å². The lowest BCUT2D eigenvalue weighted by Gasteiger charge is -2.26. The van der Waals surface area contributed by atoms with Crippen molar-refractivity contribution in [3.8, 4) is 11.5 Å². The van der Waals surface area contributed by atoms with Crippen LogP contribution in [0.3, 0.4) is 0 Å². The molecule has 0 fully saturated rings. The van der Waals surface area contributed by atoms with Crippen LogP contribution in [-0.2, 0) is 22.3 Å². The average molecular weight is 847 g/mol. The summed E-state index contributed by atoms with van der Waals surface area (Å²) in [5, 5.41) is 0. The molecule has 0 aliphatic carbocycles. The molecule has 0 unspecified atom stereocenters. The quantitative estimate of drug-likeness (QED) is 0.111. The Morgan fingerprint density at radius 2 is 1.05 bits per heavy atom. The molecule has 0 amide bonds. The molecule has 2 aromatic heterocycles. The van der Waals surface area contributed by atoms with Gasteiger partial charge >= 0.3 is 11.9 Å². The van der Waals surface area contributed by atoms with Crippen molar-refractivity contribution in [1.82, 2.24) is 9.97 Å². The average Bonchev–Trinajstić information content (AvgIpc) is 3.27. The van der Waals surface area contributed by atoms with Crippen LogP contribution in [0.1, 0.15) is 80.5 Å². The molecular formula is C48H44F2N2O6S2. The van der Waals surface area contributed by atoms with E-state index in [1.54, 1.807) is 49.1 Å². The fourth-order valence-electron chi connectivity index (χ4n) is 7.48. The van der Waals surface area contributed by atoms with Crippen molar-refractivity contribution in [3.63, 3.8) is 0 Å². The van der Waals surface area contributed by atoms with Crippen LogP contribution in [0.25, 0.3) is 0 Å². The van der Waals surface area contributed by atoms with E-state index in [1.807, 2.05) is 24.3 Å². The number of fused-ring (bicyclic) bond motifs is 2. The number of aromatic nitrogens is 2. The van der Waals surface area contributed by atoms with Gasteiger partial charge in [0.1, 0.15) is 23.1 Å². The SMILES string of the molecule is COC(=O)c1ccncc1CC[C@@H]1CCOc2cc(Sc3cccc(F)c3)ccc21.COC(=O)c1ccncc1CC[C@H]1CCOc2cc(Sc3cccc(F)c3)ccc21. The Balaban J connectivity index is 0.000000181. The van der Waals surface area contributed by atoms with Gasteiger partial charge in [-0.25, -0.2) is 18.4 Å². The normalized spacial score (nSPS) is 15.2. The lowest BCUT2D eigenvalue weighted by atomic mass is 9.87. The second kappa shape index (κ2) is 20.5. The highest BCUT2D eigenvalue weighted by Crippen LogP contribution is 2.42. The van der Waals surface area contributed by atoms with Gasteiger partial charge in [-0.1, -0.05) is 47.8 Å². The Hall–Kier alpha value is -5.72. The first-order valence-corrected chi connectivity index (χ1v) is 21.3. The van der Waals surface area contributed by atoms with Gasteiger partial charge in [0, 0.05) is 44.4 Å². The lowest BCUT2D eigenvalue weighted by molar-refractivity contribution is 0.0590. The summed E-state index contributed by atoms with van der Waals surface area (Å²) in [6, 6.07) is 28.9. The molecule has 0 N–H and O–H groups in total. The van der Waals surface area contributed by atoms with Crippen molar-refractivity contribution in [1.29, 1.82) is 0 Å². The van der Waals surface area contributed by atoms with E-state index in [0.29, 0.717) is 36.2 Å². The monoisotopic (exact) mass is 846 g/mol. The van der Waals surface area contributed by atoms with Gasteiger partial charge in [-0.3, -0.25) is 9.97 Å². The summed E-state index contributed by atoms with van der Waals surface area (Å²) in [6.07, 6.45) is 11.8. The second-order valence-corrected chi connectivity index (χ2v) is 16.6. The highest BCUT2D eigenvalue weighted by atomic mass is 32.2. The third-order valence-electron chi connectivity index (χ3n) is 10.5. The number of methoxy groups -OCH3 is 2. The summed E-state index contributed by atoms with van der Waals surface area (Å²) in [6.45, 7) is 1.31. The molecule has 0 bridgehead atoms. The van der Waals surface area contributed by atoms with E-state index in [0.717, 1.165) is 80.7 Å². The Morgan fingerprint density at radius 3 is 1.47 bits per heavy atom. The van der Waals surface area contributed by atoms with E-state index < -0.39 is 0 Å². The fraction of sp³-hybridized carbons (Fsp3) is 0.250. The number of rotatable bonds is 12. The molecule has 60 heavy (non-hydrogen) atoms. The van der Waals surface area contributed by atoms with Crippen LogP contribution in [0.5, 0.6) is 11.5 Å². The van der Waals surface area contributed by atoms with Crippen LogP contribution < -0.4 is 9.47 Å². The first kappa shape index (κ1) is 42.4. The number of aryl methyl sites for hydroxylation is 2. The third kappa shape index (κ3) is 10.9. The number of ether oxygens (including phenoxy) is 4. The fourth-order valence-corrected chi connectivity index (χ4v) is 9.26. The van der Waals surface area contributed by atoms with Crippen molar-refractivity contribution < 1.29 is 37.3 Å². The zero-order valence-electron chi connectivity index (χ0n) is 33.3. The van der Waals surface area contributed by atoms with Gasteiger partial charge in [0.05, 0.1) is 38.6 Å². The minimum Gasteiger partial charge on any atom is -0.493 e. The molecule has 2 aliphatic rings.